The Labute approximate surface area is 101 Å². The standard InChI is InChI=1S/C12H26BN3/c1-14(2)13(15-9-5-3-6-10-15)16-11-7-4-8-12-16/h3-12H2,1-2H3. The third-order valence-electron chi connectivity index (χ3n) is 3.90. The molecule has 0 spiro atoms. The Hall–Kier alpha value is -0.0551. The first kappa shape index (κ1) is 12.4. The molecule has 2 rings (SSSR count). The van der Waals surface area contributed by atoms with Gasteiger partial charge >= 0.3 is 7.12 Å². The fourth-order valence-electron chi connectivity index (χ4n) is 3.18. The van der Waals surface area contributed by atoms with Crippen LogP contribution in [0.5, 0.6) is 0 Å². The predicted molar refractivity (Wildman–Crippen MR) is 70.3 cm³/mol. The molecule has 0 aliphatic carbocycles. The first-order valence-corrected chi connectivity index (χ1v) is 6.93. The quantitative estimate of drug-likeness (QED) is 0.671. The van der Waals surface area contributed by atoms with E-state index in [-0.39, 0.29) is 0 Å². The molecule has 0 amide bonds. The molecule has 0 N–H and O–H groups in total. The van der Waals surface area contributed by atoms with Crippen molar-refractivity contribution >= 4 is 7.12 Å². The van der Waals surface area contributed by atoms with Crippen molar-refractivity contribution in [2.24, 2.45) is 0 Å². The average molecular weight is 223 g/mol. The molecule has 0 bridgehead atoms. The Kier molecular flexibility index (Phi) is 4.68. The summed E-state index contributed by atoms with van der Waals surface area (Å²) < 4.78 is 0. The van der Waals surface area contributed by atoms with E-state index in [0.717, 1.165) is 0 Å². The average Bonchev–Trinajstić information content (AvgIpc) is 2.31. The van der Waals surface area contributed by atoms with Gasteiger partial charge in [0.05, 0.1) is 0 Å². The Bertz CT molecular complexity index is 180. The molecule has 2 aliphatic heterocycles. The molecule has 16 heavy (non-hydrogen) atoms. The van der Waals surface area contributed by atoms with E-state index in [1.54, 1.807) is 0 Å². The molecule has 2 fully saturated rings. The molecule has 0 atom stereocenters. The molecule has 0 saturated carbocycles. The van der Waals surface area contributed by atoms with Gasteiger partial charge in [-0.15, -0.1) is 0 Å². The SMILES string of the molecule is CN(C)B(N1CCCCC1)N1CCCCC1. The van der Waals surface area contributed by atoms with Crippen molar-refractivity contribution < 1.29 is 0 Å². The van der Waals surface area contributed by atoms with E-state index < -0.39 is 0 Å². The van der Waals surface area contributed by atoms with Gasteiger partial charge in [-0.1, -0.05) is 12.8 Å². The predicted octanol–water partition coefficient (Wildman–Crippen LogP) is 1.50. The molecule has 2 heterocycles. The monoisotopic (exact) mass is 223 g/mol. The molecule has 4 heteroatoms. The lowest BCUT2D eigenvalue weighted by molar-refractivity contribution is 0.246. The zero-order valence-electron chi connectivity index (χ0n) is 11.0. The van der Waals surface area contributed by atoms with Gasteiger partial charge in [-0.25, -0.2) is 0 Å². The van der Waals surface area contributed by atoms with Gasteiger partial charge in [-0.05, 0) is 66.0 Å². The van der Waals surface area contributed by atoms with Crippen molar-refractivity contribution in [3.63, 3.8) is 0 Å². The van der Waals surface area contributed by atoms with Crippen LogP contribution in [-0.4, -0.2) is 61.8 Å². The van der Waals surface area contributed by atoms with E-state index in [1.807, 2.05) is 0 Å². The van der Waals surface area contributed by atoms with Crippen LogP contribution in [-0.2, 0) is 0 Å². The fourth-order valence-corrected chi connectivity index (χ4v) is 3.18. The van der Waals surface area contributed by atoms with Gasteiger partial charge in [-0.2, -0.15) is 0 Å². The van der Waals surface area contributed by atoms with Gasteiger partial charge in [0.2, 0.25) is 0 Å². The number of hydrogen-bond donors (Lipinski definition) is 0. The summed E-state index contributed by atoms with van der Waals surface area (Å²) >= 11 is 0. The van der Waals surface area contributed by atoms with Crippen LogP contribution in [0.3, 0.4) is 0 Å². The highest BCUT2D eigenvalue weighted by Crippen LogP contribution is 2.17. The highest BCUT2D eigenvalue weighted by molar-refractivity contribution is 6.49. The third kappa shape index (κ3) is 2.99. The van der Waals surface area contributed by atoms with Crippen LogP contribution in [0.4, 0.5) is 0 Å². The van der Waals surface area contributed by atoms with Gasteiger partial charge in [0.25, 0.3) is 0 Å². The molecule has 3 nitrogen and oxygen atoms in total. The van der Waals surface area contributed by atoms with Crippen LogP contribution in [0.2, 0.25) is 0 Å². The first-order chi connectivity index (χ1) is 7.79. The first-order valence-electron chi connectivity index (χ1n) is 6.93. The third-order valence-corrected chi connectivity index (χ3v) is 3.90. The Morgan fingerprint density at radius 3 is 1.38 bits per heavy atom. The van der Waals surface area contributed by atoms with E-state index in [4.69, 9.17) is 0 Å². The van der Waals surface area contributed by atoms with Crippen molar-refractivity contribution in [3.05, 3.63) is 0 Å². The lowest BCUT2D eigenvalue weighted by Gasteiger charge is -2.42. The summed E-state index contributed by atoms with van der Waals surface area (Å²) in [7, 11) is 5.02. The smallest absolute Gasteiger partial charge is 0.319 e. The van der Waals surface area contributed by atoms with Crippen molar-refractivity contribution in [2.75, 3.05) is 40.3 Å². The minimum atomic E-state index is 0.556. The van der Waals surface area contributed by atoms with Crippen molar-refractivity contribution in [1.29, 1.82) is 0 Å². The van der Waals surface area contributed by atoms with E-state index >= 15 is 0 Å². The summed E-state index contributed by atoms with van der Waals surface area (Å²) in [6.07, 6.45) is 8.40. The Morgan fingerprint density at radius 1 is 0.688 bits per heavy atom. The molecule has 0 radical (unpaired) electrons. The summed E-state index contributed by atoms with van der Waals surface area (Å²) in [5.74, 6) is 0. The fraction of sp³-hybridized carbons (Fsp3) is 1.00. The van der Waals surface area contributed by atoms with Gasteiger partial charge in [0, 0.05) is 0 Å². The molecule has 2 aliphatic rings. The second-order valence-electron chi connectivity index (χ2n) is 5.50. The minimum Gasteiger partial charge on any atom is -0.319 e. The summed E-state index contributed by atoms with van der Waals surface area (Å²) in [5.41, 5.74) is 0. The Morgan fingerprint density at radius 2 is 1.06 bits per heavy atom. The zero-order chi connectivity index (χ0) is 11.4. The maximum Gasteiger partial charge on any atom is 0.403 e. The minimum absolute atomic E-state index is 0.556. The van der Waals surface area contributed by atoms with Gasteiger partial charge in [0.1, 0.15) is 0 Å². The van der Waals surface area contributed by atoms with Crippen LogP contribution in [0, 0.1) is 0 Å². The van der Waals surface area contributed by atoms with Gasteiger partial charge in [0.15, 0.2) is 0 Å². The molecule has 2 saturated heterocycles. The number of hydrogen-bond acceptors (Lipinski definition) is 3. The van der Waals surface area contributed by atoms with Crippen molar-refractivity contribution in [2.45, 2.75) is 38.5 Å². The van der Waals surface area contributed by atoms with Crippen molar-refractivity contribution in [1.82, 2.24) is 14.4 Å². The van der Waals surface area contributed by atoms with E-state index in [0.29, 0.717) is 7.12 Å². The maximum atomic E-state index is 2.68. The summed E-state index contributed by atoms with van der Waals surface area (Å²) in [6, 6.07) is 0. The molecule has 0 unspecified atom stereocenters. The molecule has 0 aromatic rings. The van der Waals surface area contributed by atoms with Gasteiger partial charge in [-0.3, -0.25) is 0 Å². The van der Waals surface area contributed by atoms with Crippen LogP contribution < -0.4 is 0 Å². The molecule has 0 aromatic heterocycles. The Balaban J connectivity index is 1.96. The van der Waals surface area contributed by atoms with Crippen molar-refractivity contribution in [3.8, 4) is 0 Å². The second-order valence-corrected chi connectivity index (χ2v) is 5.50. The van der Waals surface area contributed by atoms with Gasteiger partial charge < -0.3 is 14.4 Å². The van der Waals surface area contributed by atoms with Crippen LogP contribution in [0.1, 0.15) is 38.5 Å². The summed E-state index contributed by atoms with van der Waals surface area (Å²) in [4.78, 5) is 7.75. The second kappa shape index (κ2) is 6.03. The highest BCUT2D eigenvalue weighted by Gasteiger charge is 2.34. The largest absolute Gasteiger partial charge is 0.403 e. The van der Waals surface area contributed by atoms with E-state index in [9.17, 15) is 0 Å². The summed E-state index contributed by atoms with van der Waals surface area (Å²) in [6.45, 7) is 5.16. The van der Waals surface area contributed by atoms with E-state index in [2.05, 4.69) is 28.5 Å². The van der Waals surface area contributed by atoms with Crippen LogP contribution in [0.25, 0.3) is 0 Å². The molecular formula is C12H26BN3. The maximum absolute atomic E-state index is 2.68. The topological polar surface area (TPSA) is 9.72 Å². The molecule has 92 valence electrons. The summed E-state index contributed by atoms with van der Waals surface area (Å²) in [5, 5.41) is 0. The molecule has 0 aromatic carbocycles. The lowest BCUT2D eigenvalue weighted by Crippen LogP contribution is -2.62. The number of nitrogens with zero attached hydrogens (tertiary/aromatic N) is 3. The van der Waals surface area contributed by atoms with Crippen LogP contribution >= 0.6 is 0 Å². The van der Waals surface area contributed by atoms with E-state index in [1.165, 1.54) is 64.7 Å². The van der Waals surface area contributed by atoms with Crippen LogP contribution in [0.15, 0.2) is 0 Å². The number of piperidine rings is 2. The highest BCUT2D eigenvalue weighted by atomic mass is 15.3. The zero-order valence-corrected chi connectivity index (χ0v) is 11.0. The normalized spacial score (nSPS) is 24.9. The lowest BCUT2D eigenvalue weighted by atomic mass is 9.80. The number of rotatable bonds is 3. The molecular weight excluding hydrogens is 197 g/mol.